The van der Waals surface area contributed by atoms with E-state index < -0.39 is 5.91 Å². The third kappa shape index (κ3) is 4.03. The fourth-order valence-corrected chi connectivity index (χ4v) is 3.14. The minimum absolute atomic E-state index is 0.0142. The molecule has 2 aromatic rings. The van der Waals surface area contributed by atoms with Crippen LogP contribution in [0.4, 0.5) is 0 Å². The van der Waals surface area contributed by atoms with E-state index in [1.165, 1.54) is 0 Å². The van der Waals surface area contributed by atoms with Gasteiger partial charge in [-0.15, -0.1) is 0 Å². The van der Waals surface area contributed by atoms with Gasteiger partial charge in [0.2, 0.25) is 0 Å². The average molecular weight is 353 g/mol. The fourth-order valence-electron chi connectivity index (χ4n) is 3.14. The number of nitrogens with two attached hydrogens (primary N) is 2. The van der Waals surface area contributed by atoms with Crippen LogP contribution < -0.4 is 16.2 Å². The van der Waals surface area contributed by atoms with Crippen molar-refractivity contribution in [3.05, 3.63) is 65.2 Å². The normalized spacial score (nSPS) is 16.5. The Bertz CT molecular complexity index is 806. The molecule has 1 heterocycles. The second-order valence-electron chi connectivity index (χ2n) is 6.49. The lowest BCUT2D eigenvalue weighted by Gasteiger charge is -2.17. The molecule has 1 saturated heterocycles. The van der Waals surface area contributed by atoms with Gasteiger partial charge in [-0.2, -0.15) is 0 Å². The molecule has 4 N–H and O–H groups in total. The van der Waals surface area contributed by atoms with Crippen molar-refractivity contribution in [3.63, 3.8) is 0 Å². The van der Waals surface area contributed by atoms with Crippen molar-refractivity contribution in [2.24, 2.45) is 17.4 Å². The molecule has 0 radical (unpaired) electrons. The maximum Gasteiger partial charge on any atom is 0.253 e. The van der Waals surface area contributed by atoms with E-state index in [1.54, 1.807) is 30.3 Å². The number of ether oxygens (including phenoxy) is 1. The number of benzene rings is 2. The molecule has 0 aromatic heterocycles. The number of rotatable bonds is 6. The van der Waals surface area contributed by atoms with Crippen LogP contribution in [0.25, 0.3) is 0 Å². The summed E-state index contributed by atoms with van der Waals surface area (Å²) >= 11 is 0. The molecule has 26 heavy (non-hydrogen) atoms. The lowest BCUT2D eigenvalue weighted by molar-refractivity contribution is 0.0787. The Hall–Kier alpha value is -2.86. The van der Waals surface area contributed by atoms with E-state index in [-0.39, 0.29) is 12.5 Å². The minimum Gasteiger partial charge on any atom is -0.488 e. The molecule has 3 rings (SSSR count). The second-order valence-corrected chi connectivity index (χ2v) is 6.49. The number of para-hydroxylation sites is 1. The van der Waals surface area contributed by atoms with Gasteiger partial charge >= 0.3 is 0 Å². The van der Waals surface area contributed by atoms with Gasteiger partial charge < -0.3 is 21.1 Å². The van der Waals surface area contributed by atoms with Crippen LogP contribution in [0, 0.1) is 5.92 Å². The first kappa shape index (κ1) is 17.9. The molecule has 1 atom stereocenters. The Labute approximate surface area is 152 Å². The van der Waals surface area contributed by atoms with Crippen molar-refractivity contribution < 1.29 is 14.3 Å². The van der Waals surface area contributed by atoms with Gasteiger partial charge in [0.05, 0.1) is 5.56 Å². The highest BCUT2D eigenvalue weighted by Gasteiger charge is 2.26. The summed E-state index contributed by atoms with van der Waals surface area (Å²) in [6.45, 7) is 2.31. The van der Waals surface area contributed by atoms with Crippen molar-refractivity contribution >= 4 is 11.8 Å². The van der Waals surface area contributed by atoms with Crippen molar-refractivity contribution in [1.82, 2.24) is 4.90 Å². The summed E-state index contributed by atoms with van der Waals surface area (Å²) in [6, 6.07) is 14.2. The number of likely N-dealkylation sites (tertiary alicyclic amines) is 1. The highest BCUT2D eigenvalue weighted by atomic mass is 16.5. The molecule has 0 bridgehead atoms. The molecule has 0 unspecified atom stereocenters. The largest absolute Gasteiger partial charge is 0.488 e. The molecule has 6 heteroatoms. The van der Waals surface area contributed by atoms with E-state index in [0.717, 1.165) is 18.5 Å². The molecule has 0 aliphatic carbocycles. The first-order valence-corrected chi connectivity index (χ1v) is 8.68. The zero-order valence-corrected chi connectivity index (χ0v) is 14.6. The Morgan fingerprint density at radius 1 is 1.15 bits per heavy atom. The number of nitrogens with zero attached hydrogens (tertiary/aromatic N) is 1. The summed E-state index contributed by atoms with van der Waals surface area (Å²) in [7, 11) is 0. The summed E-state index contributed by atoms with van der Waals surface area (Å²) in [5, 5.41) is 0. The first-order valence-electron chi connectivity index (χ1n) is 8.68. The fraction of sp³-hybridized carbons (Fsp3) is 0.300. The number of hydrogen-bond acceptors (Lipinski definition) is 4. The van der Waals surface area contributed by atoms with E-state index in [2.05, 4.69) is 0 Å². The lowest BCUT2D eigenvalue weighted by Crippen LogP contribution is -2.29. The number of primary amides is 1. The molecule has 0 spiro atoms. The van der Waals surface area contributed by atoms with E-state index in [9.17, 15) is 9.59 Å². The molecule has 1 aliphatic heterocycles. The Kier molecular flexibility index (Phi) is 5.53. The Morgan fingerprint density at radius 3 is 2.69 bits per heavy atom. The van der Waals surface area contributed by atoms with Gasteiger partial charge in [-0.1, -0.05) is 24.3 Å². The third-order valence-electron chi connectivity index (χ3n) is 4.63. The van der Waals surface area contributed by atoms with Gasteiger partial charge in [-0.05, 0) is 48.7 Å². The van der Waals surface area contributed by atoms with Gasteiger partial charge in [-0.3, -0.25) is 9.59 Å². The number of amides is 2. The van der Waals surface area contributed by atoms with Crippen molar-refractivity contribution in [3.8, 4) is 5.75 Å². The van der Waals surface area contributed by atoms with Crippen LogP contribution in [0.3, 0.4) is 0 Å². The summed E-state index contributed by atoms with van der Waals surface area (Å²) < 4.78 is 5.74. The number of hydrogen-bond donors (Lipinski definition) is 2. The predicted molar refractivity (Wildman–Crippen MR) is 98.8 cm³/mol. The lowest BCUT2D eigenvalue weighted by atomic mass is 10.1. The summed E-state index contributed by atoms with van der Waals surface area (Å²) in [5.74, 6) is 0.297. The molecular formula is C20H23N3O3. The maximum atomic E-state index is 12.7. The highest BCUT2D eigenvalue weighted by molar-refractivity contribution is 5.95. The van der Waals surface area contributed by atoms with Gasteiger partial charge in [0.1, 0.15) is 12.4 Å². The quantitative estimate of drug-likeness (QED) is 0.827. The van der Waals surface area contributed by atoms with Crippen LogP contribution in [-0.4, -0.2) is 36.3 Å². The molecule has 0 saturated carbocycles. The molecule has 1 fully saturated rings. The maximum absolute atomic E-state index is 12.7. The number of carbonyl (C=O) groups excluding carboxylic acids is 2. The molecule has 2 aromatic carbocycles. The van der Waals surface area contributed by atoms with Gasteiger partial charge in [0.15, 0.2) is 0 Å². The summed E-state index contributed by atoms with van der Waals surface area (Å²) in [5.41, 5.74) is 12.9. The monoisotopic (exact) mass is 353 g/mol. The van der Waals surface area contributed by atoms with E-state index >= 15 is 0 Å². The smallest absolute Gasteiger partial charge is 0.253 e. The number of carbonyl (C=O) groups is 2. The third-order valence-corrected chi connectivity index (χ3v) is 4.63. The molecule has 1 aliphatic rings. The Balaban J connectivity index is 1.68. The summed E-state index contributed by atoms with van der Waals surface area (Å²) in [4.78, 5) is 26.0. The van der Waals surface area contributed by atoms with Crippen LogP contribution in [0.15, 0.2) is 48.5 Å². The Morgan fingerprint density at radius 2 is 1.96 bits per heavy atom. The van der Waals surface area contributed by atoms with Gasteiger partial charge in [-0.25, -0.2) is 0 Å². The van der Waals surface area contributed by atoms with Crippen LogP contribution >= 0.6 is 0 Å². The standard InChI is InChI=1S/C20H23N3O3/c21-11-15-8-9-23(12-15)20(25)16-5-3-4-14(10-16)13-26-18-7-2-1-6-17(18)19(22)24/h1-7,10,15H,8-9,11-13,21H2,(H2,22,24)/t15-/m1/s1. The van der Waals surface area contributed by atoms with Gasteiger partial charge in [0.25, 0.3) is 11.8 Å². The van der Waals surface area contributed by atoms with E-state index in [4.69, 9.17) is 16.2 Å². The topological polar surface area (TPSA) is 98.7 Å². The zero-order chi connectivity index (χ0) is 18.5. The average Bonchev–Trinajstić information content (AvgIpc) is 3.15. The highest BCUT2D eigenvalue weighted by Crippen LogP contribution is 2.21. The van der Waals surface area contributed by atoms with Gasteiger partial charge in [0, 0.05) is 18.7 Å². The van der Waals surface area contributed by atoms with Crippen LogP contribution in [-0.2, 0) is 6.61 Å². The SMILES string of the molecule is NC[C@H]1CCN(C(=O)c2cccc(COc3ccccc3C(N)=O)c2)C1. The first-order chi connectivity index (χ1) is 12.6. The van der Waals surface area contributed by atoms with Crippen LogP contribution in [0.5, 0.6) is 5.75 Å². The zero-order valence-electron chi connectivity index (χ0n) is 14.6. The van der Waals surface area contributed by atoms with Crippen molar-refractivity contribution in [2.75, 3.05) is 19.6 Å². The van der Waals surface area contributed by atoms with E-state index in [0.29, 0.717) is 35.9 Å². The minimum atomic E-state index is -0.534. The molecule has 136 valence electrons. The summed E-state index contributed by atoms with van der Waals surface area (Å²) in [6.07, 6.45) is 0.953. The second kappa shape index (κ2) is 8.01. The molecule has 6 nitrogen and oxygen atoms in total. The van der Waals surface area contributed by atoms with Crippen LogP contribution in [0.2, 0.25) is 0 Å². The predicted octanol–water partition coefficient (Wildman–Crippen LogP) is 1.79. The van der Waals surface area contributed by atoms with Crippen LogP contribution in [0.1, 0.15) is 32.7 Å². The van der Waals surface area contributed by atoms with Crippen molar-refractivity contribution in [2.45, 2.75) is 13.0 Å². The molecular weight excluding hydrogens is 330 g/mol. The van der Waals surface area contributed by atoms with Crippen molar-refractivity contribution in [1.29, 1.82) is 0 Å². The van der Waals surface area contributed by atoms with E-state index in [1.807, 2.05) is 23.1 Å². The molecule has 2 amide bonds.